The second-order valence-electron chi connectivity index (χ2n) is 8.88. The molecule has 0 radical (unpaired) electrons. The minimum Gasteiger partial charge on any atom is -0.490 e. The van der Waals surface area contributed by atoms with Crippen molar-refractivity contribution < 1.29 is 14.3 Å². The maximum Gasteiger partial charge on any atom is 0.286 e. The molecular weight excluding hydrogens is 455 g/mol. The van der Waals surface area contributed by atoms with Gasteiger partial charge in [0, 0.05) is 42.7 Å². The van der Waals surface area contributed by atoms with Gasteiger partial charge in [-0.05, 0) is 39.1 Å². The van der Waals surface area contributed by atoms with E-state index in [1.807, 2.05) is 25.1 Å². The number of rotatable bonds is 9. The fourth-order valence-electron chi connectivity index (χ4n) is 4.57. The van der Waals surface area contributed by atoms with Crippen molar-refractivity contribution in [1.82, 2.24) is 20.0 Å². The Labute approximate surface area is 196 Å². The van der Waals surface area contributed by atoms with Gasteiger partial charge in [-0.15, -0.1) is 0 Å². The summed E-state index contributed by atoms with van der Waals surface area (Å²) in [5.74, 6) is 1.03. The van der Waals surface area contributed by atoms with E-state index in [4.69, 9.17) is 32.7 Å². The minimum atomic E-state index is -0.456. The van der Waals surface area contributed by atoms with Gasteiger partial charge >= 0.3 is 0 Å². The summed E-state index contributed by atoms with van der Waals surface area (Å²) >= 11 is 12.1. The lowest BCUT2D eigenvalue weighted by Crippen LogP contribution is -2.65. The summed E-state index contributed by atoms with van der Waals surface area (Å²) in [6.07, 6.45) is 4.31. The predicted octanol–water partition coefficient (Wildman–Crippen LogP) is 2.87. The van der Waals surface area contributed by atoms with E-state index >= 15 is 0 Å². The molecule has 1 saturated carbocycles. The van der Waals surface area contributed by atoms with Crippen LogP contribution in [0.3, 0.4) is 0 Å². The van der Waals surface area contributed by atoms with Gasteiger partial charge in [0.25, 0.3) is 5.56 Å². The molecule has 10 heteroatoms. The number of hydrogen-bond acceptors (Lipinski definition) is 7. The van der Waals surface area contributed by atoms with Gasteiger partial charge in [-0.25, -0.2) is 5.10 Å². The third-order valence-corrected chi connectivity index (χ3v) is 6.70. The van der Waals surface area contributed by atoms with Crippen molar-refractivity contribution >= 4 is 29.5 Å². The van der Waals surface area contributed by atoms with Gasteiger partial charge in [0.05, 0.1) is 17.3 Å². The molecule has 1 N–H and O–H groups in total. The monoisotopic (exact) mass is 480 g/mol. The van der Waals surface area contributed by atoms with Gasteiger partial charge < -0.3 is 14.4 Å². The molecule has 1 aromatic heterocycles. The Balaban J connectivity index is 1.26. The molecular formula is C22H26Cl2N4O4. The van der Waals surface area contributed by atoms with Crippen molar-refractivity contribution in [1.29, 1.82) is 0 Å². The fourth-order valence-corrected chi connectivity index (χ4v) is 4.94. The zero-order valence-corrected chi connectivity index (χ0v) is 19.6. The molecule has 2 aliphatic rings. The molecule has 1 spiro atoms. The normalized spacial score (nSPS) is 17.8. The predicted molar refractivity (Wildman–Crippen MR) is 122 cm³/mol. The van der Waals surface area contributed by atoms with Crippen LogP contribution < -0.4 is 15.0 Å². The molecule has 1 aliphatic carbocycles. The Morgan fingerprint density at radius 3 is 2.72 bits per heavy atom. The van der Waals surface area contributed by atoms with E-state index in [1.54, 1.807) is 6.07 Å². The summed E-state index contributed by atoms with van der Waals surface area (Å²) in [6, 6.07) is 3.58. The van der Waals surface area contributed by atoms with E-state index in [2.05, 4.69) is 15.1 Å². The Kier molecular flexibility index (Phi) is 6.76. The van der Waals surface area contributed by atoms with Gasteiger partial charge in [0.2, 0.25) is 0 Å². The minimum absolute atomic E-state index is 0.0210. The van der Waals surface area contributed by atoms with Gasteiger partial charge in [-0.1, -0.05) is 23.2 Å². The van der Waals surface area contributed by atoms with E-state index < -0.39 is 5.56 Å². The van der Waals surface area contributed by atoms with E-state index in [1.165, 1.54) is 6.20 Å². The topological polar surface area (TPSA) is 87.8 Å². The number of aldehydes is 1. The Hall–Kier alpha value is -2.13. The van der Waals surface area contributed by atoms with Gasteiger partial charge in [0.15, 0.2) is 17.1 Å². The summed E-state index contributed by atoms with van der Waals surface area (Å²) in [5, 5.41) is 6.43. The maximum absolute atomic E-state index is 11.6. The molecule has 172 valence electrons. The van der Waals surface area contributed by atoms with Crippen molar-refractivity contribution in [3.63, 3.8) is 0 Å². The summed E-state index contributed by atoms with van der Waals surface area (Å²) < 4.78 is 11.9. The summed E-state index contributed by atoms with van der Waals surface area (Å²) in [6.45, 7) is 3.75. The number of halogens is 2. The number of ether oxygens (including phenoxy) is 2. The van der Waals surface area contributed by atoms with Crippen LogP contribution in [0.1, 0.15) is 28.8 Å². The highest BCUT2D eigenvalue weighted by Gasteiger charge is 2.53. The van der Waals surface area contributed by atoms with Gasteiger partial charge in [-0.2, -0.15) is 5.10 Å². The molecule has 1 saturated heterocycles. The average molecular weight is 481 g/mol. The van der Waals surface area contributed by atoms with Crippen LogP contribution in [0.5, 0.6) is 11.5 Å². The smallest absolute Gasteiger partial charge is 0.286 e. The van der Waals surface area contributed by atoms with E-state index in [0.717, 1.165) is 50.1 Å². The molecule has 2 fully saturated rings. The SMILES string of the molecule is CN(C)Cc1c(OC2CC3(C2)CN(CCOc2cn[nH]c(=O)c2Cl)C3)ccc(Cl)c1C=O. The lowest BCUT2D eigenvalue weighted by atomic mass is 9.62. The first-order valence-electron chi connectivity index (χ1n) is 10.5. The first kappa shape index (κ1) is 23.0. The molecule has 0 atom stereocenters. The number of aromatic nitrogens is 2. The lowest BCUT2D eigenvalue weighted by Gasteiger charge is -2.58. The lowest BCUT2D eigenvalue weighted by molar-refractivity contribution is -0.121. The highest BCUT2D eigenvalue weighted by atomic mass is 35.5. The maximum atomic E-state index is 11.6. The number of H-pyrrole nitrogens is 1. The standard InChI is InChI=1S/C22H26Cl2N4O4/c1-27(2)10-15-16(11-29)17(23)3-4-18(15)32-14-7-22(8-14)12-28(13-22)5-6-31-19-9-25-26-21(30)20(19)24/h3-4,9,11,14H,5-8,10,12-13H2,1-2H3,(H,26,30). The van der Waals surface area contributed by atoms with Crippen LogP contribution in [0.2, 0.25) is 10.0 Å². The molecule has 2 heterocycles. The highest BCUT2D eigenvalue weighted by Crippen LogP contribution is 2.50. The molecule has 0 bridgehead atoms. The number of aromatic amines is 1. The van der Waals surface area contributed by atoms with Crippen LogP contribution in [0, 0.1) is 5.41 Å². The number of benzene rings is 1. The third-order valence-electron chi connectivity index (χ3n) is 6.01. The Morgan fingerprint density at radius 2 is 2.03 bits per heavy atom. The Bertz CT molecular complexity index is 1040. The second-order valence-corrected chi connectivity index (χ2v) is 9.66. The number of likely N-dealkylation sites (tertiary alicyclic amines) is 1. The van der Waals surface area contributed by atoms with Crippen molar-refractivity contribution in [2.45, 2.75) is 25.5 Å². The molecule has 32 heavy (non-hydrogen) atoms. The number of carbonyl (C=O) groups excluding carboxylic acids is 1. The highest BCUT2D eigenvalue weighted by molar-refractivity contribution is 6.33. The number of nitrogens with one attached hydrogen (secondary N) is 1. The fraction of sp³-hybridized carbons (Fsp3) is 0.500. The van der Waals surface area contributed by atoms with Crippen molar-refractivity contribution in [2.75, 3.05) is 40.3 Å². The molecule has 1 aliphatic heterocycles. The average Bonchev–Trinajstić information content (AvgIpc) is 2.69. The van der Waals surface area contributed by atoms with Crippen LogP contribution in [0.4, 0.5) is 0 Å². The van der Waals surface area contributed by atoms with Crippen LogP contribution in [0.25, 0.3) is 0 Å². The van der Waals surface area contributed by atoms with Gasteiger partial charge in [0.1, 0.15) is 12.4 Å². The van der Waals surface area contributed by atoms with Crippen LogP contribution in [-0.4, -0.2) is 72.7 Å². The largest absolute Gasteiger partial charge is 0.490 e. The first-order valence-corrected chi connectivity index (χ1v) is 11.2. The number of hydrogen-bond donors (Lipinski definition) is 1. The van der Waals surface area contributed by atoms with Crippen molar-refractivity contribution in [3.05, 3.63) is 49.9 Å². The third kappa shape index (κ3) is 4.78. The van der Waals surface area contributed by atoms with E-state index in [9.17, 15) is 9.59 Å². The van der Waals surface area contributed by atoms with Crippen molar-refractivity contribution in [2.24, 2.45) is 5.41 Å². The number of carbonyl (C=O) groups is 1. The number of nitrogens with zero attached hydrogens (tertiary/aromatic N) is 3. The Morgan fingerprint density at radius 1 is 1.28 bits per heavy atom. The molecule has 0 unspecified atom stereocenters. The van der Waals surface area contributed by atoms with Crippen LogP contribution in [-0.2, 0) is 6.54 Å². The molecule has 8 nitrogen and oxygen atoms in total. The zero-order chi connectivity index (χ0) is 22.9. The molecule has 2 aromatic rings. The quantitative estimate of drug-likeness (QED) is 0.551. The van der Waals surface area contributed by atoms with Crippen LogP contribution >= 0.6 is 23.2 Å². The molecule has 1 aromatic carbocycles. The van der Waals surface area contributed by atoms with Gasteiger partial charge in [-0.3, -0.25) is 14.5 Å². The van der Waals surface area contributed by atoms with Crippen molar-refractivity contribution in [3.8, 4) is 11.5 Å². The van der Waals surface area contributed by atoms with Crippen LogP contribution in [0.15, 0.2) is 23.1 Å². The summed E-state index contributed by atoms with van der Waals surface area (Å²) in [4.78, 5) is 27.3. The molecule has 0 amide bonds. The summed E-state index contributed by atoms with van der Waals surface area (Å²) in [7, 11) is 3.90. The summed E-state index contributed by atoms with van der Waals surface area (Å²) in [5.41, 5.74) is 1.16. The van der Waals surface area contributed by atoms with E-state index in [0.29, 0.717) is 29.5 Å². The zero-order valence-electron chi connectivity index (χ0n) is 18.1. The molecule has 4 rings (SSSR count). The first-order chi connectivity index (χ1) is 15.3. The second kappa shape index (κ2) is 9.39. The van der Waals surface area contributed by atoms with E-state index in [-0.39, 0.29) is 16.5 Å².